The molecule has 1 aliphatic rings. The quantitative estimate of drug-likeness (QED) is 0.680. The maximum atomic E-state index is 13.0. The van der Waals surface area contributed by atoms with Crippen molar-refractivity contribution < 1.29 is 9.21 Å². The molecule has 0 bridgehead atoms. The highest BCUT2D eigenvalue weighted by molar-refractivity contribution is 6.05. The third kappa shape index (κ3) is 4.21. The van der Waals surface area contributed by atoms with Crippen LogP contribution in [0.25, 0.3) is 22.3 Å². The van der Waals surface area contributed by atoms with E-state index in [0.717, 1.165) is 24.9 Å². The summed E-state index contributed by atoms with van der Waals surface area (Å²) in [5.41, 5.74) is 2.00. The highest BCUT2D eigenvalue weighted by Gasteiger charge is 2.23. The zero-order chi connectivity index (χ0) is 19.7. The molecule has 2 unspecified atom stereocenters. The van der Waals surface area contributed by atoms with Crippen molar-refractivity contribution in [2.75, 3.05) is 6.54 Å². The number of benzene rings is 2. The molecule has 2 atom stereocenters. The molecule has 0 radical (unpaired) electrons. The molecular formula is C23H25ClN2O3. The maximum Gasteiger partial charge on any atom is 0.255 e. The van der Waals surface area contributed by atoms with E-state index in [4.69, 9.17) is 4.42 Å². The number of nitrogens with one attached hydrogen (secondary N) is 2. The van der Waals surface area contributed by atoms with Gasteiger partial charge in [-0.05, 0) is 45.4 Å². The molecule has 1 saturated heterocycles. The lowest BCUT2D eigenvalue weighted by Crippen LogP contribution is -2.46. The Morgan fingerprint density at radius 3 is 2.62 bits per heavy atom. The minimum Gasteiger partial charge on any atom is -0.455 e. The fourth-order valence-electron chi connectivity index (χ4n) is 3.88. The molecule has 1 fully saturated rings. The summed E-state index contributed by atoms with van der Waals surface area (Å²) in [5.74, 6) is 0.310. The third-order valence-corrected chi connectivity index (χ3v) is 5.38. The zero-order valence-electron chi connectivity index (χ0n) is 16.5. The van der Waals surface area contributed by atoms with Gasteiger partial charge in [0.1, 0.15) is 5.76 Å². The number of fused-ring (bicyclic) bond motifs is 1. The number of hydrogen-bond acceptors (Lipinski definition) is 4. The van der Waals surface area contributed by atoms with Gasteiger partial charge < -0.3 is 15.1 Å². The molecule has 2 aromatic carbocycles. The van der Waals surface area contributed by atoms with Crippen molar-refractivity contribution in [1.29, 1.82) is 0 Å². The molecule has 29 heavy (non-hydrogen) atoms. The first kappa shape index (κ1) is 21.1. The molecule has 5 nitrogen and oxygen atoms in total. The fraction of sp³-hybridized carbons (Fsp3) is 0.304. The minimum atomic E-state index is -0.198. The number of halogens is 1. The van der Waals surface area contributed by atoms with Crippen LogP contribution in [0.5, 0.6) is 0 Å². The van der Waals surface area contributed by atoms with Gasteiger partial charge in [0.2, 0.25) is 0 Å². The Balaban J connectivity index is 0.00000240. The summed E-state index contributed by atoms with van der Waals surface area (Å²) in [6.45, 7) is 4.76. The highest BCUT2D eigenvalue weighted by Crippen LogP contribution is 2.27. The van der Waals surface area contributed by atoms with Gasteiger partial charge in [0.15, 0.2) is 11.0 Å². The number of amides is 1. The SMILES string of the molecule is Cc1c(-c2ccccc2)oc2c(C(=O)NC3CCNC(C)C3)cccc2c1=O.Cl. The van der Waals surface area contributed by atoms with Crippen molar-refractivity contribution in [3.05, 3.63) is 69.9 Å². The molecule has 1 amide bonds. The standard InChI is InChI=1S/C23H24N2O3.ClH/c1-14-13-17(11-12-24-14)25-23(27)19-10-6-9-18-20(26)15(2)21(28-22(18)19)16-7-4-3-5-8-16;/h3-10,14,17,24H,11-13H2,1-2H3,(H,25,27);1H. The van der Waals surface area contributed by atoms with E-state index in [1.54, 1.807) is 25.1 Å². The van der Waals surface area contributed by atoms with Gasteiger partial charge in [0.25, 0.3) is 5.91 Å². The molecule has 4 rings (SSSR count). The van der Waals surface area contributed by atoms with E-state index in [0.29, 0.717) is 33.9 Å². The van der Waals surface area contributed by atoms with E-state index in [1.165, 1.54) is 0 Å². The van der Waals surface area contributed by atoms with Crippen LogP contribution in [0.2, 0.25) is 0 Å². The molecule has 0 aliphatic carbocycles. The molecule has 152 valence electrons. The summed E-state index contributed by atoms with van der Waals surface area (Å²) >= 11 is 0. The molecule has 6 heteroatoms. The Labute approximate surface area is 175 Å². The molecule has 2 N–H and O–H groups in total. The van der Waals surface area contributed by atoms with Crippen LogP contribution >= 0.6 is 12.4 Å². The number of rotatable bonds is 3. The predicted molar refractivity (Wildman–Crippen MR) is 118 cm³/mol. The summed E-state index contributed by atoms with van der Waals surface area (Å²) < 4.78 is 6.15. The van der Waals surface area contributed by atoms with Crippen LogP contribution in [-0.4, -0.2) is 24.5 Å². The normalized spacial score (nSPS) is 18.8. The molecule has 0 spiro atoms. The molecule has 2 heterocycles. The second-order valence-electron chi connectivity index (χ2n) is 7.48. The van der Waals surface area contributed by atoms with Crippen LogP contribution in [0.1, 0.15) is 35.7 Å². The van der Waals surface area contributed by atoms with Crippen LogP contribution < -0.4 is 16.1 Å². The Kier molecular flexibility index (Phi) is 6.40. The topological polar surface area (TPSA) is 71.3 Å². The monoisotopic (exact) mass is 412 g/mol. The van der Waals surface area contributed by atoms with E-state index >= 15 is 0 Å². The average Bonchev–Trinajstić information content (AvgIpc) is 2.71. The summed E-state index contributed by atoms with van der Waals surface area (Å²) in [5, 5.41) is 6.93. The molecule has 0 saturated carbocycles. The summed E-state index contributed by atoms with van der Waals surface area (Å²) in [6, 6.07) is 15.2. The first-order chi connectivity index (χ1) is 13.5. The number of carbonyl (C=O) groups excluding carboxylic acids is 1. The van der Waals surface area contributed by atoms with Gasteiger partial charge in [-0.25, -0.2) is 0 Å². The second kappa shape index (κ2) is 8.80. The van der Waals surface area contributed by atoms with Crippen molar-refractivity contribution >= 4 is 29.3 Å². The van der Waals surface area contributed by atoms with Gasteiger partial charge in [0.05, 0.1) is 10.9 Å². The first-order valence-corrected chi connectivity index (χ1v) is 9.70. The van der Waals surface area contributed by atoms with Crippen molar-refractivity contribution in [2.24, 2.45) is 0 Å². The van der Waals surface area contributed by atoms with Gasteiger partial charge in [-0.1, -0.05) is 36.4 Å². The smallest absolute Gasteiger partial charge is 0.255 e. The molecular weight excluding hydrogens is 388 g/mol. The highest BCUT2D eigenvalue weighted by atomic mass is 35.5. The maximum absolute atomic E-state index is 13.0. The lowest BCUT2D eigenvalue weighted by molar-refractivity contribution is 0.0926. The van der Waals surface area contributed by atoms with Gasteiger partial charge >= 0.3 is 0 Å². The van der Waals surface area contributed by atoms with Gasteiger partial charge in [0, 0.05) is 23.2 Å². The third-order valence-electron chi connectivity index (χ3n) is 5.38. The van der Waals surface area contributed by atoms with E-state index in [2.05, 4.69) is 17.6 Å². The van der Waals surface area contributed by atoms with Gasteiger partial charge in [-0.2, -0.15) is 0 Å². The van der Waals surface area contributed by atoms with Crippen LogP contribution in [-0.2, 0) is 0 Å². The van der Waals surface area contributed by atoms with Gasteiger partial charge in [-0.3, -0.25) is 9.59 Å². The molecule has 3 aromatic rings. The second-order valence-corrected chi connectivity index (χ2v) is 7.48. The van der Waals surface area contributed by atoms with Crippen molar-refractivity contribution in [2.45, 2.75) is 38.8 Å². The number of carbonyl (C=O) groups is 1. The zero-order valence-corrected chi connectivity index (χ0v) is 17.3. The number of piperidine rings is 1. The summed E-state index contributed by atoms with van der Waals surface area (Å²) in [6.07, 6.45) is 1.77. The van der Waals surface area contributed by atoms with Gasteiger partial charge in [-0.15, -0.1) is 12.4 Å². The van der Waals surface area contributed by atoms with E-state index < -0.39 is 0 Å². The number of para-hydroxylation sites is 1. The van der Waals surface area contributed by atoms with E-state index in [1.807, 2.05) is 30.3 Å². The lowest BCUT2D eigenvalue weighted by atomic mass is 9.99. The van der Waals surface area contributed by atoms with E-state index in [-0.39, 0.29) is 29.8 Å². The Hall–Kier alpha value is -2.63. The minimum absolute atomic E-state index is 0. The van der Waals surface area contributed by atoms with Crippen LogP contribution in [0, 0.1) is 6.92 Å². The van der Waals surface area contributed by atoms with Crippen LogP contribution in [0.3, 0.4) is 0 Å². The van der Waals surface area contributed by atoms with Crippen LogP contribution in [0.4, 0.5) is 0 Å². The lowest BCUT2D eigenvalue weighted by Gasteiger charge is -2.28. The average molecular weight is 413 g/mol. The first-order valence-electron chi connectivity index (χ1n) is 9.70. The van der Waals surface area contributed by atoms with Crippen molar-refractivity contribution in [1.82, 2.24) is 10.6 Å². The predicted octanol–water partition coefficient (Wildman–Crippen LogP) is 4.06. The summed E-state index contributed by atoms with van der Waals surface area (Å²) in [4.78, 5) is 25.9. The van der Waals surface area contributed by atoms with Crippen LogP contribution in [0.15, 0.2) is 57.7 Å². The largest absolute Gasteiger partial charge is 0.455 e. The Morgan fingerprint density at radius 1 is 1.14 bits per heavy atom. The number of hydrogen-bond donors (Lipinski definition) is 2. The molecule has 1 aliphatic heterocycles. The van der Waals surface area contributed by atoms with E-state index in [9.17, 15) is 9.59 Å². The summed E-state index contributed by atoms with van der Waals surface area (Å²) in [7, 11) is 0. The van der Waals surface area contributed by atoms with Crippen molar-refractivity contribution in [3.63, 3.8) is 0 Å². The fourth-order valence-corrected chi connectivity index (χ4v) is 3.88. The molecule has 1 aromatic heterocycles. The Morgan fingerprint density at radius 2 is 1.90 bits per heavy atom. The Bertz CT molecular complexity index is 1080. The van der Waals surface area contributed by atoms with Crippen molar-refractivity contribution in [3.8, 4) is 11.3 Å².